The minimum Gasteiger partial charge on any atom is -0.458 e. The maximum Gasteiger partial charge on any atom is 0.337 e. The van der Waals surface area contributed by atoms with Crippen molar-refractivity contribution in [3.8, 4) is 11.1 Å². The Morgan fingerprint density at radius 3 is 2.76 bits per heavy atom. The Morgan fingerprint density at radius 2 is 2.04 bits per heavy atom. The van der Waals surface area contributed by atoms with Crippen LogP contribution >= 0.6 is 0 Å². The van der Waals surface area contributed by atoms with E-state index in [1.807, 2.05) is 56.0 Å². The number of nitrogens with zero attached hydrogens (tertiary/aromatic N) is 3. The average Bonchev–Trinajstić information content (AvgIpc) is 3.03. The lowest BCUT2D eigenvalue weighted by Crippen LogP contribution is -2.48. The van der Waals surface area contributed by atoms with Crippen molar-refractivity contribution in [3.05, 3.63) is 42.7 Å². The molecule has 6 heteroatoms. The lowest BCUT2D eigenvalue weighted by molar-refractivity contribution is -0.174. The number of hydrogen-bond donors (Lipinski definition) is 0. The number of rotatable bonds is 4. The summed E-state index contributed by atoms with van der Waals surface area (Å²) in [5.74, 6) is -0.303. The quantitative estimate of drug-likeness (QED) is 0.799. The van der Waals surface area contributed by atoms with Gasteiger partial charge in [-0.2, -0.15) is 5.10 Å². The number of morpholine rings is 1. The van der Waals surface area contributed by atoms with Crippen LogP contribution < -0.4 is 0 Å². The van der Waals surface area contributed by atoms with Gasteiger partial charge in [0.2, 0.25) is 0 Å². The standard InChI is InChI=1S/C19H25N3O3/c1-19(2,3)25-18(23)17-13-21(9-10-24-17)14-22-12-16(11-20-22)15-7-5-4-6-8-15/h4-8,11-12,17H,9-10,13-14H2,1-3H3/t17-/m0/s1. The molecule has 0 N–H and O–H groups in total. The summed E-state index contributed by atoms with van der Waals surface area (Å²) in [5, 5.41) is 4.43. The van der Waals surface area contributed by atoms with Crippen LogP contribution in [0.2, 0.25) is 0 Å². The first kappa shape index (κ1) is 17.6. The Balaban J connectivity index is 1.60. The molecule has 1 aliphatic rings. The van der Waals surface area contributed by atoms with Crippen LogP contribution in [0.4, 0.5) is 0 Å². The van der Waals surface area contributed by atoms with Crippen molar-refractivity contribution in [1.82, 2.24) is 14.7 Å². The maximum absolute atomic E-state index is 12.2. The normalized spacial score (nSPS) is 18.9. The summed E-state index contributed by atoms with van der Waals surface area (Å²) in [4.78, 5) is 14.4. The molecule has 1 aromatic carbocycles. The fraction of sp³-hybridized carbons (Fsp3) is 0.474. The monoisotopic (exact) mass is 343 g/mol. The molecule has 0 saturated carbocycles. The molecule has 6 nitrogen and oxygen atoms in total. The van der Waals surface area contributed by atoms with E-state index in [9.17, 15) is 4.79 Å². The van der Waals surface area contributed by atoms with Gasteiger partial charge in [-0.05, 0) is 26.3 Å². The zero-order valence-corrected chi connectivity index (χ0v) is 15.0. The van der Waals surface area contributed by atoms with E-state index in [4.69, 9.17) is 9.47 Å². The third kappa shape index (κ3) is 4.90. The van der Waals surface area contributed by atoms with Crippen LogP contribution in [-0.4, -0.2) is 52.1 Å². The average molecular weight is 343 g/mol. The van der Waals surface area contributed by atoms with Gasteiger partial charge < -0.3 is 9.47 Å². The molecule has 134 valence electrons. The van der Waals surface area contributed by atoms with E-state index in [1.54, 1.807) is 0 Å². The number of aromatic nitrogens is 2. The number of carbonyl (C=O) groups is 1. The van der Waals surface area contributed by atoms with Gasteiger partial charge >= 0.3 is 5.97 Å². The van der Waals surface area contributed by atoms with E-state index in [1.165, 1.54) is 0 Å². The van der Waals surface area contributed by atoms with Gasteiger partial charge in [-0.15, -0.1) is 0 Å². The molecular formula is C19H25N3O3. The second kappa shape index (κ2) is 7.37. The van der Waals surface area contributed by atoms with Crippen molar-refractivity contribution in [1.29, 1.82) is 0 Å². The smallest absolute Gasteiger partial charge is 0.337 e. The highest BCUT2D eigenvalue weighted by atomic mass is 16.6. The van der Waals surface area contributed by atoms with Crippen molar-refractivity contribution < 1.29 is 14.3 Å². The SMILES string of the molecule is CC(C)(C)OC(=O)[C@@H]1CN(Cn2cc(-c3ccccc3)cn2)CCO1. The van der Waals surface area contributed by atoms with E-state index in [0.717, 1.165) is 17.7 Å². The molecule has 0 amide bonds. The van der Waals surface area contributed by atoms with Gasteiger partial charge in [0.25, 0.3) is 0 Å². The summed E-state index contributed by atoms with van der Waals surface area (Å²) in [6.07, 6.45) is 3.34. The van der Waals surface area contributed by atoms with Crippen molar-refractivity contribution >= 4 is 5.97 Å². The fourth-order valence-corrected chi connectivity index (χ4v) is 2.77. The molecule has 25 heavy (non-hydrogen) atoms. The molecule has 0 spiro atoms. The molecule has 1 saturated heterocycles. The predicted octanol–water partition coefficient (Wildman–Crippen LogP) is 2.55. The molecule has 1 atom stereocenters. The molecule has 0 unspecified atom stereocenters. The summed E-state index contributed by atoms with van der Waals surface area (Å²) in [6.45, 7) is 7.99. The Morgan fingerprint density at radius 1 is 1.28 bits per heavy atom. The third-order valence-corrected chi connectivity index (χ3v) is 3.91. The minimum atomic E-state index is -0.544. The van der Waals surface area contributed by atoms with E-state index in [-0.39, 0.29) is 5.97 Å². The largest absolute Gasteiger partial charge is 0.458 e. The minimum absolute atomic E-state index is 0.303. The summed E-state index contributed by atoms with van der Waals surface area (Å²) < 4.78 is 12.9. The Kier molecular flexibility index (Phi) is 5.20. The molecule has 2 aromatic rings. The first-order chi connectivity index (χ1) is 11.9. The summed E-state index contributed by atoms with van der Waals surface area (Å²) in [7, 11) is 0. The van der Waals surface area contributed by atoms with E-state index in [2.05, 4.69) is 22.1 Å². The Labute approximate surface area is 148 Å². The third-order valence-electron chi connectivity index (χ3n) is 3.91. The molecule has 1 fully saturated rings. The van der Waals surface area contributed by atoms with Crippen LogP contribution in [0.25, 0.3) is 11.1 Å². The van der Waals surface area contributed by atoms with E-state index in [0.29, 0.717) is 19.8 Å². The number of benzene rings is 1. The summed E-state index contributed by atoms with van der Waals surface area (Å²) >= 11 is 0. The summed E-state index contributed by atoms with van der Waals surface area (Å²) in [6, 6.07) is 10.2. The van der Waals surface area contributed by atoms with Crippen molar-refractivity contribution in [3.63, 3.8) is 0 Å². The summed E-state index contributed by atoms with van der Waals surface area (Å²) in [5.41, 5.74) is 1.72. The highest BCUT2D eigenvalue weighted by molar-refractivity contribution is 5.75. The highest BCUT2D eigenvalue weighted by Crippen LogP contribution is 2.18. The van der Waals surface area contributed by atoms with Gasteiger partial charge in [0.1, 0.15) is 5.60 Å². The zero-order chi connectivity index (χ0) is 17.9. The van der Waals surface area contributed by atoms with Gasteiger partial charge in [0, 0.05) is 24.8 Å². The Bertz CT molecular complexity index is 706. The van der Waals surface area contributed by atoms with Gasteiger partial charge in [-0.25, -0.2) is 4.79 Å². The molecule has 1 aromatic heterocycles. The molecule has 0 bridgehead atoms. The number of carbonyl (C=O) groups excluding carboxylic acids is 1. The van der Waals surface area contributed by atoms with Crippen LogP contribution in [0.15, 0.2) is 42.7 Å². The van der Waals surface area contributed by atoms with Crippen molar-refractivity contribution in [2.75, 3.05) is 19.7 Å². The number of esters is 1. The van der Waals surface area contributed by atoms with Gasteiger partial charge in [-0.3, -0.25) is 9.58 Å². The predicted molar refractivity (Wildman–Crippen MR) is 94.8 cm³/mol. The number of ether oxygens (including phenoxy) is 2. The lowest BCUT2D eigenvalue weighted by Gasteiger charge is -2.33. The van der Waals surface area contributed by atoms with Crippen molar-refractivity contribution in [2.24, 2.45) is 0 Å². The van der Waals surface area contributed by atoms with Crippen LogP contribution in [0.1, 0.15) is 20.8 Å². The van der Waals surface area contributed by atoms with Crippen LogP contribution in [-0.2, 0) is 20.9 Å². The fourth-order valence-electron chi connectivity index (χ4n) is 2.77. The maximum atomic E-state index is 12.2. The van der Waals surface area contributed by atoms with Crippen LogP contribution in [0.5, 0.6) is 0 Å². The second-order valence-electron chi connectivity index (χ2n) is 7.25. The first-order valence-electron chi connectivity index (χ1n) is 8.55. The molecule has 3 rings (SSSR count). The van der Waals surface area contributed by atoms with Crippen LogP contribution in [0, 0.1) is 0 Å². The van der Waals surface area contributed by atoms with Gasteiger partial charge in [0.15, 0.2) is 6.10 Å². The van der Waals surface area contributed by atoms with Crippen molar-refractivity contribution in [2.45, 2.75) is 39.1 Å². The molecular weight excluding hydrogens is 318 g/mol. The first-order valence-corrected chi connectivity index (χ1v) is 8.55. The van der Waals surface area contributed by atoms with Gasteiger partial charge in [0.05, 0.1) is 19.5 Å². The number of hydrogen-bond acceptors (Lipinski definition) is 5. The van der Waals surface area contributed by atoms with E-state index < -0.39 is 11.7 Å². The topological polar surface area (TPSA) is 56.6 Å². The lowest BCUT2D eigenvalue weighted by atomic mass is 10.1. The molecule has 1 aliphatic heterocycles. The van der Waals surface area contributed by atoms with E-state index >= 15 is 0 Å². The zero-order valence-electron chi connectivity index (χ0n) is 15.0. The van der Waals surface area contributed by atoms with Crippen LogP contribution in [0.3, 0.4) is 0 Å². The highest BCUT2D eigenvalue weighted by Gasteiger charge is 2.30. The molecule has 0 radical (unpaired) electrons. The molecule has 2 heterocycles. The molecule has 0 aliphatic carbocycles. The second-order valence-corrected chi connectivity index (χ2v) is 7.25. The Hall–Kier alpha value is -2.18. The van der Waals surface area contributed by atoms with Gasteiger partial charge in [-0.1, -0.05) is 30.3 Å².